The van der Waals surface area contributed by atoms with E-state index >= 15 is 0 Å². The van der Waals surface area contributed by atoms with Crippen LogP contribution in [0.15, 0.2) is 84.9 Å². The van der Waals surface area contributed by atoms with Crippen molar-refractivity contribution in [3.63, 3.8) is 0 Å². The van der Waals surface area contributed by atoms with E-state index in [4.69, 9.17) is 14.7 Å². The first kappa shape index (κ1) is 19.7. The second-order valence-corrected chi connectivity index (χ2v) is 6.14. The van der Waals surface area contributed by atoms with Crippen LogP contribution in [0.25, 0.3) is 6.08 Å². The average Bonchev–Trinajstić information content (AvgIpc) is 2.76. The lowest BCUT2D eigenvalue weighted by Crippen LogP contribution is -2.07. The molecule has 0 aliphatic heterocycles. The number of carbonyl (C=O) groups is 1. The molecule has 3 rings (SSSR count). The number of ether oxygens (including phenoxy) is 2. The van der Waals surface area contributed by atoms with Gasteiger partial charge in [0.05, 0.1) is 0 Å². The Labute approximate surface area is 169 Å². The van der Waals surface area contributed by atoms with E-state index in [-0.39, 0.29) is 12.5 Å². The molecular formula is C24H20N2O3. The lowest BCUT2D eigenvalue weighted by molar-refractivity contribution is -0.111. The zero-order chi connectivity index (χ0) is 20.3. The molecule has 0 heterocycles. The van der Waals surface area contributed by atoms with Gasteiger partial charge in [-0.05, 0) is 41.5 Å². The highest BCUT2D eigenvalue weighted by Crippen LogP contribution is 2.18. The highest BCUT2D eigenvalue weighted by Gasteiger charge is 2.01. The van der Waals surface area contributed by atoms with Crippen molar-refractivity contribution in [2.45, 2.75) is 6.61 Å². The third-order valence-corrected chi connectivity index (χ3v) is 3.94. The first-order valence-electron chi connectivity index (χ1n) is 9.08. The second-order valence-electron chi connectivity index (χ2n) is 6.14. The van der Waals surface area contributed by atoms with E-state index in [0.29, 0.717) is 18.0 Å². The van der Waals surface area contributed by atoms with Crippen molar-refractivity contribution in [3.8, 4) is 17.6 Å². The first-order chi connectivity index (χ1) is 14.2. The van der Waals surface area contributed by atoms with Crippen LogP contribution < -0.4 is 14.8 Å². The monoisotopic (exact) mass is 384 g/mol. The highest BCUT2D eigenvalue weighted by molar-refractivity contribution is 6.02. The van der Waals surface area contributed by atoms with Crippen LogP contribution >= 0.6 is 0 Å². The van der Waals surface area contributed by atoms with Gasteiger partial charge in [0, 0.05) is 17.8 Å². The van der Waals surface area contributed by atoms with Crippen LogP contribution in [0.1, 0.15) is 11.1 Å². The van der Waals surface area contributed by atoms with Crippen LogP contribution in [0.3, 0.4) is 0 Å². The predicted octanol–water partition coefficient (Wildman–Crippen LogP) is 4.82. The number of anilines is 1. The molecule has 5 heteroatoms. The van der Waals surface area contributed by atoms with Crippen LogP contribution in [0.2, 0.25) is 0 Å². The minimum Gasteiger partial charge on any atom is -0.489 e. The maximum Gasteiger partial charge on any atom is 0.248 e. The zero-order valence-corrected chi connectivity index (χ0v) is 15.7. The van der Waals surface area contributed by atoms with Crippen molar-refractivity contribution in [1.29, 1.82) is 5.26 Å². The highest BCUT2D eigenvalue weighted by atomic mass is 16.5. The number of carbonyl (C=O) groups excluding carboxylic acids is 1. The van der Waals surface area contributed by atoms with Gasteiger partial charge in [0.2, 0.25) is 5.91 Å². The van der Waals surface area contributed by atoms with Gasteiger partial charge in [-0.25, -0.2) is 0 Å². The summed E-state index contributed by atoms with van der Waals surface area (Å²) in [5, 5.41) is 11.3. The Bertz CT molecular complexity index is 1020. The summed E-state index contributed by atoms with van der Waals surface area (Å²) in [6.45, 7) is 0.443. The van der Waals surface area contributed by atoms with Crippen molar-refractivity contribution in [1.82, 2.24) is 0 Å². The van der Waals surface area contributed by atoms with Crippen molar-refractivity contribution >= 4 is 17.7 Å². The minimum atomic E-state index is -0.266. The van der Waals surface area contributed by atoms with E-state index in [1.807, 2.05) is 60.7 Å². The average molecular weight is 384 g/mol. The largest absolute Gasteiger partial charge is 0.489 e. The molecule has 0 bridgehead atoms. The number of hydrogen-bond acceptors (Lipinski definition) is 4. The molecule has 0 aromatic heterocycles. The van der Waals surface area contributed by atoms with Gasteiger partial charge in [-0.1, -0.05) is 48.5 Å². The molecule has 0 spiro atoms. The quantitative estimate of drug-likeness (QED) is 0.565. The Kier molecular flexibility index (Phi) is 7.03. The Morgan fingerprint density at radius 2 is 1.69 bits per heavy atom. The summed E-state index contributed by atoms with van der Waals surface area (Å²) in [5.41, 5.74) is 2.54. The number of hydrogen-bond donors (Lipinski definition) is 1. The van der Waals surface area contributed by atoms with Crippen LogP contribution in [-0.2, 0) is 11.4 Å². The second kappa shape index (κ2) is 10.3. The minimum absolute atomic E-state index is 0.0417. The summed E-state index contributed by atoms with van der Waals surface area (Å²) in [7, 11) is 0. The molecule has 29 heavy (non-hydrogen) atoms. The molecular weight excluding hydrogens is 364 g/mol. The molecule has 0 fully saturated rings. The number of rotatable bonds is 8. The lowest BCUT2D eigenvalue weighted by atomic mass is 10.2. The van der Waals surface area contributed by atoms with Gasteiger partial charge in [-0.2, -0.15) is 5.26 Å². The number of nitrogens with zero attached hydrogens (tertiary/aromatic N) is 1. The number of nitriles is 1. The van der Waals surface area contributed by atoms with Crippen molar-refractivity contribution in [3.05, 3.63) is 96.1 Å². The van der Waals surface area contributed by atoms with Gasteiger partial charge < -0.3 is 14.8 Å². The number of nitrogens with one attached hydrogen (secondary N) is 1. The SMILES string of the molecule is N#CCOc1cccc(NC(=O)C=Cc2cccc(OCc3ccccc3)c2)c1. The summed E-state index contributed by atoms with van der Waals surface area (Å²) in [4.78, 5) is 12.2. The van der Waals surface area contributed by atoms with Gasteiger partial charge in [0.1, 0.15) is 24.2 Å². The first-order valence-corrected chi connectivity index (χ1v) is 9.08. The van der Waals surface area contributed by atoms with Crippen molar-refractivity contribution in [2.24, 2.45) is 0 Å². The predicted molar refractivity (Wildman–Crippen MR) is 112 cm³/mol. The molecule has 5 nitrogen and oxygen atoms in total. The number of benzene rings is 3. The van der Waals surface area contributed by atoms with E-state index in [2.05, 4.69) is 5.32 Å². The molecule has 0 saturated heterocycles. The van der Waals surface area contributed by atoms with Crippen LogP contribution in [0.5, 0.6) is 11.5 Å². The Balaban J connectivity index is 1.56. The maximum atomic E-state index is 12.2. The van der Waals surface area contributed by atoms with Crippen LogP contribution in [0, 0.1) is 11.3 Å². The van der Waals surface area contributed by atoms with E-state index in [1.165, 1.54) is 6.08 Å². The summed E-state index contributed by atoms with van der Waals surface area (Å²) in [6.07, 6.45) is 3.18. The molecule has 0 aliphatic carbocycles. The van der Waals surface area contributed by atoms with Crippen LogP contribution in [0.4, 0.5) is 5.69 Å². The summed E-state index contributed by atoms with van der Waals surface area (Å²) in [5.74, 6) is 0.994. The van der Waals surface area contributed by atoms with Gasteiger partial charge in [0.25, 0.3) is 0 Å². The van der Waals surface area contributed by atoms with E-state index in [9.17, 15) is 4.79 Å². The molecule has 0 aliphatic rings. The van der Waals surface area contributed by atoms with Gasteiger partial charge in [-0.3, -0.25) is 4.79 Å². The number of amides is 1. The van der Waals surface area contributed by atoms with E-state index in [1.54, 1.807) is 30.3 Å². The molecule has 0 atom stereocenters. The van der Waals surface area contributed by atoms with Crippen molar-refractivity contribution in [2.75, 3.05) is 11.9 Å². The standard InChI is InChI=1S/C24H20N2O3/c25-14-15-28-23-11-5-9-21(17-23)26-24(27)13-12-19-8-4-10-22(16-19)29-18-20-6-2-1-3-7-20/h1-13,16-17H,15,18H2,(H,26,27). The fourth-order valence-corrected chi connectivity index (χ4v) is 2.58. The molecule has 144 valence electrons. The van der Waals surface area contributed by atoms with E-state index < -0.39 is 0 Å². The zero-order valence-electron chi connectivity index (χ0n) is 15.7. The third kappa shape index (κ3) is 6.56. The smallest absolute Gasteiger partial charge is 0.248 e. The lowest BCUT2D eigenvalue weighted by Gasteiger charge is -2.07. The van der Waals surface area contributed by atoms with Gasteiger partial charge >= 0.3 is 0 Å². The molecule has 0 saturated carbocycles. The summed E-state index contributed by atoms with van der Waals surface area (Å²) >= 11 is 0. The van der Waals surface area contributed by atoms with Crippen molar-refractivity contribution < 1.29 is 14.3 Å². The molecule has 1 amide bonds. The normalized spacial score (nSPS) is 10.3. The van der Waals surface area contributed by atoms with E-state index in [0.717, 1.165) is 16.9 Å². The Morgan fingerprint density at radius 3 is 2.48 bits per heavy atom. The van der Waals surface area contributed by atoms with Gasteiger partial charge in [0.15, 0.2) is 6.61 Å². The Morgan fingerprint density at radius 1 is 0.931 bits per heavy atom. The molecule has 1 N–H and O–H groups in total. The Hall–Kier alpha value is -4.04. The third-order valence-electron chi connectivity index (χ3n) is 3.94. The van der Waals surface area contributed by atoms with Crippen LogP contribution in [-0.4, -0.2) is 12.5 Å². The molecule has 0 radical (unpaired) electrons. The molecule has 0 unspecified atom stereocenters. The fraction of sp³-hybridized carbons (Fsp3) is 0.0833. The fourth-order valence-electron chi connectivity index (χ4n) is 2.58. The molecule has 3 aromatic carbocycles. The summed E-state index contributed by atoms with van der Waals surface area (Å²) < 4.78 is 11.0. The maximum absolute atomic E-state index is 12.2. The topological polar surface area (TPSA) is 71.3 Å². The van der Waals surface area contributed by atoms with Gasteiger partial charge in [-0.15, -0.1) is 0 Å². The molecule has 3 aromatic rings. The summed E-state index contributed by atoms with van der Waals surface area (Å²) in [6, 6.07) is 26.3.